The van der Waals surface area contributed by atoms with Crippen LogP contribution in [0.2, 0.25) is 0 Å². The van der Waals surface area contributed by atoms with E-state index < -0.39 is 0 Å². The number of rotatable bonds is 8. The van der Waals surface area contributed by atoms with E-state index in [1.165, 1.54) is 16.2 Å². The second-order valence-corrected chi connectivity index (χ2v) is 9.68. The van der Waals surface area contributed by atoms with Crippen molar-refractivity contribution in [1.29, 1.82) is 0 Å². The number of carbonyl (C=O) groups is 2. The summed E-state index contributed by atoms with van der Waals surface area (Å²) in [4.78, 5) is 29.7. The van der Waals surface area contributed by atoms with Gasteiger partial charge in [0.2, 0.25) is 5.91 Å². The minimum Gasteiger partial charge on any atom is -0.497 e. The number of carbonyl (C=O) groups excluding carboxylic acids is 2. The average molecular weight is 465 g/mol. The van der Waals surface area contributed by atoms with Gasteiger partial charge in [0.05, 0.1) is 22.3 Å². The molecule has 0 radical (unpaired) electrons. The zero-order chi connectivity index (χ0) is 20.3. The Morgan fingerprint density at radius 2 is 1.89 bits per heavy atom. The number of halogens is 1. The molecule has 7 heteroatoms. The van der Waals surface area contributed by atoms with Gasteiger partial charge in [-0.1, -0.05) is 12.1 Å². The maximum atomic E-state index is 13.1. The summed E-state index contributed by atoms with van der Waals surface area (Å²) >= 11 is 4.75. The largest absolute Gasteiger partial charge is 0.497 e. The Kier molecular flexibility index (Phi) is 6.78. The quantitative estimate of drug-likeness (QED) is 0.580. The van der Waals surface area contributed by atoms with E-state index in [4.69, 9.17) is 4.74 Å². The van der Waals surface area contributed by atoms with E-state index in [2.05, 4.69) is 22.9 Å². The molecule has 0 aliphatic heterocycles. The summed E-state index contributed by atoms with van der Waals surface area (Å²) in [5, 5.41) is 0. The highest BCUT2D eigenvalue weighted by atomic mass is 79.9. The van der Waals surface area contributed by atoms with E-state index in [0.29, 0.717) is 17.3 Å². The van der Waals surface area contributed by atoms with Gasteiger partial charge in [-0.2, -0.15) is 0 Å². The van der Waals surface area contributed by atoms with Crippen molar-refractivity contribution in [3.8, 4) is 5.75 Å². The van der Waals surface area contributed by atoms with Crippen molar-refractivity contribution in [2.24, 2.45) is 5.92 Å². The molecule has 1 aliphatic carbocycles. The lowest BCUT2D eigenvalue weighted by Gasteiger charge is -2.31. The van der Waals surface area contributed by atoms with Crippen molar-refractivity contribution in [3.63, 3.8) is 0 Å². The first kappa shape index (κ1) is 20.9. The Labute approximate surface area is 178 Å². The molecule has 2 aromatic rings. The summed E-state index contributed by atoms with van der Waals surface area (Å²) in [6.07, 6.45) is 2.32. The van der Waals surface area contributed by atoms with Gasteiger partial charge in [-0.05, 0) is 71.4 Å². The molecule has 3 rings (SSSR count). The summed E-state index contributed by atoms with van der Waals surface area (Å²) in [7, 11) is 3.32. The first-order valence-electron chi connectivity index (χ1n) is 9.32. The summed E-state index contributed by atoms with van der Waals surface area (Å²) in [6.45, 7) is 2.71. The highest BCUT2D eigenvalue weighted by molar-refractivity contribution is 9.11. The minimum absolute atomic E-state index is 0.0262. The van der Waals surface area contributed by atoms with Crippen molar-refractivity contribution in [2.45, 2.75) is 32.4 Å². The Hall–Kier alpha value is -1.86. The number of hydrogen-bond donors (Lipinski definition) is 0. The topological polar surface area (TPSA) is 49.9 Å². The van der Waals surface area contributed by atoms with Crippen LogP contribution in [0, 0.1) is 5.92 Å². The molecule has 1 aromatic heterocycles. The van der Waals surface area contributed by atoms with Crippen LogP contribution < -0.4 is 4.74 Å². The molecule has 1 aromatic carbocycles. The summed E-state index contributed by atoms with van der Waals surface area (Å²) in [5.74, 6) is 1.19. The second-order valence-electron chi connectivity index (χ2n) is 7.21. The molecule has 1 fully saturated rings. The number of likely N-dealkylation sites (N-methyl/N-ethyl adjacent to an activating group) is 1. The first-order chi connectivity index (χ1) is 13.4. The zero-order valence-corrected chi connectivity index (χ0v) is 18.8. The molecule has 1 saturated carbocycles. The molecule has 1 atom stereocenters. The molecule has 28 heavy (non-hydrogen) atoms. The molecule has 0 saturated heterocycles. The lowest BCUT2D eigenvalue weighted by atomic mass is 10.1. The number of benzene rings is 1. The van der Waals surface area contributed by atoms with Gasteiger partial charge < -0.3 is 14.5 Å². The average Bonchev–Trinajstić information content (AvgIpc) is 3.46. The maximum absolute atomic E-state index is 13.1. The van der Waals surface area contributed by atoms with Gasteiger partial charge in [-0.3, -0.25) is 9.59 Å². The number of hydrogen-bond acceptors (Lipinski definition) is 4. The van der Waals surface area contributed by atoms with E-state index in [1.807, 2.05) is 35.2 Å². The van der Waals surface area contributed by atoms with Crippen LogP contribution in [0.4, 0.5) is 0 Å². The number of ether oxygens (including phenoxy) is 1. The maximum Gasteiger partial charge on any atom is 0.264 e. The Morgan fingerprint density at radius 3 is 2.43 bits per heavy atom. The minimum atomic E-state index is -0.132. The standard InChI is InChI=1S/C21H25BrN2O3S/c1-14(16-6-7-16)24(12-15-4-8-17(27-3)9-5-15)20(25)13-23(2)21(26)18-10-11-19(22)28-18/h4-5,8-11,14,16H,6-7,12-13H2,1-3H3. The monoisotopic (exact) mass is 464 g/mol. The van der Waals surface area contributed by atoms with Crippen LogP contribution in [-0.4, -0.2) is 48.4 Å². The predicted octanol–water partition coefficient (Wildman–Crippen LogP) is 4.42. The first-order valence-corrected chi connectivity index (χ1v) is 10.9. The van der Waals surface area contributed by atoms with E-state index >= 15 is 0 Å². The molecule has 0 spiro atoms. The summed E-state index contributed by atoms with van der Waals surface area (Å²) < 4.78 is 6.11. The van der Waals surface area contributed by atoms with E-state index in [1.54, 1.807) is 20.2 Å². The molecule has 5 nitrogen and oxygen atoms in total. The molecule has 1 heterocycles. The van der Waals surface area contributed by atoms with Crippen molar-refractivity contribution in [1.82, 2.24) is 9.80 Å². The van der Waals surface area contributed by atoms with Gasteiger partial charge in [-0.25, -0.2) is 0 Å². The number of thiophene rings is 1. The molecule has 1 unspecified atom stereocenters. The third-order valence-electron chi connectivity index (χ3n) is 5.13. The lowest BCUT2D eigenvalue weighted by molar-refractivity contribution is -0.134. The van der Waals surface area contributed by atoms with Crippen molar-refractivity contribution in [3.05, 3.63) is 50.6 Å². The highest BCUT2D eigenvalue weighted by Crippen LogP contribution is 2.36. The van der Waals surface area contributed by atoms with Crippen molar-refractivity contribution in [2.75, 3.05) is 20.7 Å². The number of methoxy groups -OCH3 is 1. The molecule has 150 valence electrons. The van der Waals surface area contributed by atoms with E-state index in [9.17, 15) is 9.59 Å². The third kappa shape index (κ3) is 5.14. The Balaban J connectivity index is 1.69. The fourth-order valence-electron chi connectivity index (χ4n) is 3.20. The molecular weight excluding hydrogens is 440 g/mol. The van der Waals surface area contributed by atoms with E-state index in [0.717, 1.165) is 27.9 Å². The SMILES string of the molecule is COc1ccc(CN(C(=O)CN(C)C(=O)c2ccc(Br)s2)C(C)C2CC2)cc1. The normalized spacial score (nSPS) is 14.4. The summed E-state index contributed by atoms with van der Waals surface area (Å²) in [6, 6.07) is 11.6. The van der Waals surface area contributed by atoms with Crippen LogP contribution in [0.15, 0.2) is 40.2 Å². The molecule has 0 N–H and O–H groups in total. The van der Waals surface area contributed by atoms with Gasteiger partial charge in [0.25, 0.3) is 5.91 Å². The Bertz CT molecular complexity index is 832. The fourth-order valence-corrected chi connectivity index (χ4v) is 4.58. The molecule has 0 bridgehead atoms. The molecular formula is C21H25BrN2O3S. The van der Waals surface area contributed by atoms with Crippen LogP contribution >= 0.6 is 27.3 Å². The van der Waals surface area contributed by atoms with Crippen LogP contribution in [0.25, 0.3) is 0 Å². The molecule has 1 aliphatic rings. The smallest absolute Gasteiger partial charge is 0.264 e. The zero-order valence-electron chi connectivity index (χ0n) is 16.4. The number of amides is 2. The highest BCUT2D eigenvalue weighted by Gasteiger charge is 2.34. The van der Waals surface area contributed by atoms with E-state index in [-0.39, 0.29) is 24.4 Å². The second kappa shape index (κ2) is 9.09. The lowest BCUT2D eigenvalue weighted by Crippen LogP contribution is -2.45. The number of nitrogens with zero attached hydrogens (tertiary/aromatic N) is 2. The Morgan fingerprint density at radius 1 is 1.21 bits per heavy atom. The van der Waals surface area contributed by atoms with Crippen LogP contribution in [0.3, 0.4) is 0 Å². The van der Waals surface area contributed by atoms with Gasteiger partial charge in [-0.15, -0.1) is 11.3 Å². The third-order valence-corrected chi connectivity index (χ3v) is 6.74. The van der Waals surface area contributed by atoms with Gasteiger partial charge >= 0.3 is 0 Å². The van der Waals surface area contributed by atoms with Gasteiger partial charge in [0.1, 0.15) is 5.75 Å². The van der Waals surface area contributed by atoms with Gasteiger partial charge in [0.15, 0.2) is 0 Å². The van der Waals surface area contributed by atoms with Crippen LogP contribution in [-0.2, 0) is 11.3 Å². The van der Waals surface area contributed by atoms with Crippen molar-refractivity contribution < 1.29 is 14.3 Å². The van der Waals surface area contributed by atoms with Crippen LogP contribution in [0.5, 0.6) is 5.75 Å². The fraction of sp³-hybridized carbons (Fsp3) is 0.429. The molecule has 2 amide bonds. The van der Waals surface area contributed by atoms with Gasteiger partial charge in [0, 0.05) is 19.6 Å². The summed E-state index contributed by atoms with van der Waals surface area (Å²) in [5.41, 5.74) is 1.05. The van der Waals surface area contributed by atoms with Crippen molar-refractivity contribution >= 4 is 39.1 Å². The predicted molar refractivity (Wildman–Crippen MR) is 115 cm³/mol. The van der Waals surface area contributed by atoms with Crippen LogP contribution in [0.1, 0.15) is 35.0 Å².